The Bertz CT molecular complexity index is 1460. The van der Waals surface area contributed by atoms with E-state index in [-0.39, 0.29) is 30.6 Å². The number of methoxy groups -OCH3 is 1. The molecule has 0 radical (unpaired) electrons. The number of nitrogens with zero attached hydrogens (tertiary/aromatic N) is 2. The van der Waals surface area contributed by atoms with Crippen LogP contribution in [0.2, 0.25) is 5.02 Å². The molecule has 0 aromatic heterocycles. The number of hydrogen-bond donors (Lipinski definition) is 1. The average molecular weight is 612 g/mol. The predicted molar refractivity (Wildman–Crippen MR) is 166 cm³/mol. The van der Waals surface area contributed by atoms with Gasteiger partial charge in [0.1, 0.15) is 18.3 Å². The summed E-state index contributed by atoms with van der Waals surface area (Å²) in [4.78, 5) is 29.7. The maximum atomic E-state index is 14.2. The summed E-state index contributed by atoms with van der Waals surface area (Å²) in [5.74, 6) is -0.336. The summed E-state index contributed by atoms with van der Waals surface area (Å²) in [6.07, 6.45) is 6.31. The van der Waals surface area contributed by atoms with Crippen LogP contribution in [0.1, 0.15) is 43.2 Å². The fourth-order valence-corrected chi connectivity index (χ4v) is 6.32. The molecule has 1 aliphatic rings. The van der Waals surface area contributed by atoms with Gasteiger partial charge in [-0.15, -0.1) is 0 Å². The number of sulfonamides is 1. The number of nitrogens with one attached hydrogen (secondary N) is 1. The van der Waals surface area contributed by atoms with Gasteiger partial charge in [-0.25, -0.2) is 8.42 Å². The lowest BCUT2D eigenvalue weighted by molar-refractivity contribution is -0.140. The van der Waals surface area contributed by atoms with Gasteiger partial charge in [0, 0.05) is 30.1 Å². The van der Waals surface area contributed by atoms with Crippen molar-refractivity contribution in [2.75, 3.05) is 24.2 Å². The number of carbonyl (C=O) groups excluding carboxylic acids is 2. The molecule has 1 fully saturated rings. The van der Waals surface area contributed by atoms with Gasteiger partial charge >= 0.3 is 0 Å². The number of amides is 2. The second kappa shape index (κ2) is 14.6. The van der Waals surface area contributed by atoms with E-state index in [2.05, 4.69) is 5.32 Å². The van der Waals surface area contributed by atoms with Crippen molar-refractivity contribution in [3.63, 3.8) is 0 Å². The molecule has 4 rings (SSSR count). The molecule has 1 saturated carbocycles. The van der Waals surface area contributed by atoms with Crippen molar-refractivity contribution in [1.82, 2.24) is 10.2 Å². The van der Waals surface area contributed by atoms with Crippen LogP contribution in [-0.4, -0.2) is 57.1 Å². The molecule has 3 aromatic carbocycles. The lowest BCUT2D eigenvalue weighted by atomic mass is 9.94. The Hall–Kier alpha value is -3.56. The van der Waals surface area contributed by atoms with Gasteiger partial charge < -0.3 is 15.0 Å². The average Bonchev–Trinajstić information content (AvgIpc) is 2.99. The summed E-state index contributed by atoms with van der Waals surface area (Å²) >= 11 is 6.52. The lowest BCUT2D eigenvalue weighted by Gasteiger charge is -2.35. The first-order chi connectivity index (χ1) is 20.2. The Morgan fingerprint density at radius 1 is 0.976 bits per heavy atom. The van der Waals surface area contributed by atoms with Crippen molar-refractivity contribution < 1.29 is 22.7 Å². The molecule has 10 heteroatoms. The number of benzene rings is 3. The molecule has 3 aromatic rings. The van der Waals surface area contributed by atoms with E-state index >= 15 is 0 Å². The van der Waals surface area contributed by atoms with Crippen LogP contribution in [0, 0.1) is 0 Å². The smallest absolute Gasteiger partial charge is 0.244 e. The molecule has 1 N–H and O–H groups in total. The summed E-state index contributed by atoms with van der Waals surface area (Å²) in [6, 6.07) is 22.3. The minimum atomic E-state index is -3.88. The van der Waals surface area contributed by atoms with Gasteiger partial charge in [0.2, 0.25) is 21.8 Å². The first-order valence-corrected chi connectivity index (χ1v) is 16.4. The summed E-state index contributed by atoms with van der Waals surface area (Å²) < 4.78 is 32.3. The molecule has 0 unspecified atom stereocenters. The number of hydrogen-bond acceptors (Lipinski definition) is 5. The summed E-state index contributed by atoms with van der Waals surface area (Å²) in [7, 11) is -2.39. The van der Waals surface area contributed by atoms with Gasteiger partial charge in [0.15, 0.2) is 0 Å². The molecule has 8 nitrogen and oxygen atoms in total. The van der Waals surface area contributed by atoms with Crippen molar-refractivity contribution in [3.05, 3.63) is 95.0 Å². The summed E-state index contributed by atoms with van der Waals surface area (Å²) in [5, 5.41) is 3.64. The highest BCUT2D eigenvalue weighted by Crippen LogP contribution is 2.26. The highest BCUT2D eigenvalue weighted by Gasteiger charge is 2.34. The van der Waals surface area contributed by atoms with Crippen molar-refractivity contribution in [2.45, 2.75) is 57.2 Å². The molecule has 224 valence electrons. The Labute approximate surface area is 253 Å². The van der Waals surface area contributed by atoms with Crippen LogP contribution in [0.3, 0.4) is 0 Å². The van der Waals surface area contributed by atoms with Crippen LogP contribution in [0.5, 0.6) is 5.75 Å². The minimum Gasteiger partial charge on any atom is -0.497 e. The van der Waals surface area contributed by atoms with Crippen LogP contribution in [0.25, 0.3) is 0 Å². The van der Waals surface area contributed by atoms with Crippen molar-refractivity contribution in [3.8, 4) is 5.75 Å². The maximum absolute atomic E-state index is 14.2. The molecule has 0 spiro atoms. The monoisotopic (exact) mass is 611 g/mol. The van der Waals surface area contributed by atoms with E-state index in [0.29, 0.717) is 16.3 Å². The molecule has 1 atom stereocenters. The van der Waals surface area contributed by atoms with Gasteiger partial charge in [-0.3, -0.25) is 13.9 Å². The third-order valence-corrected chi connectivity index (χ3v) is 9.05. The number of anilines is 1. The second-order valence-electron chi connectivity index (χ2n) is 10.6. The van der Waals surface area contributed by atoms with Crippen molar-refractivity contribution in [1.29, 1.82) is 0 Å². The zero-order valence-corrected chi connectivity index (χ0v) is 25.6. The molecule has 42 heavy (non-hydrogen) atoms. The molecule has 0 bridgehead atoms. The van der Waals surface area contributed by atoms with Crippen LogP contribution in [0.15, 0.2) is 78.9 Å². The summed E-state index contributed by atoms with van der Waals surface area (Å²) in [6.45, 7) is -0.470. The van der Waals surface area contributed by atoms with Crippen LogP contribution in [0.4, 0.5) is 5.69 Å². The molecule has 1 aliphatic carbocycles. The quantitative estimate of drug-likeness (QED) is 0.304. The third kappa shape index (κ3) is 8.49. The first-order valence-electron chi connectivity index (χ1n) is 14.1. The van der Waals surface area contributed by atoms with E-state index < -0.39 is 28.5 Å². The molecular formula is C32H38ClN3O5S. The number of rotatable bonds is 12. The fraction of sp³-hybridized carbons (Fsp3) is 0.375. The van der Waals surface area contributed by atoms with E-state index in [9.17, 15) is 18.0 Å². The Balaban J connectivity index is 1.73. The fourth-order valence-electron chi connectivity index (χ4n) is 5.29. The maximum Gasteiger partial charge on any atom is 0.244 e. The molecule has 0 aliphatic heterocycles. The van der Waals surface area contributed by atoms with Gasteiger partial charge in [-0.05, 0) is 42.2 Å². The van der Waals surface area contributed by atoms with Gasteiger partial charge in [-0.2, -0.15) is 0 Å². The third-order valence-electron chi connectivity index (χ3n) is 7.54. The molecular weight excluding hydrogens is 574 g/mol. The Morgan fingerprint density at radius 3 is 2.33 bits per heavy atom. The van der Waals surface area contributed by atoms with Gasteiger partial charge in [0.05, 0.1) is 19.1 Å². The van der Waals surface area contributed by atoms with Gasteiger partial charge in [-0.1, -0.05) is 85.5 Å². The molecule has 2 amide bonds. The zero-order chi connectivity index (χ0) is 30.1. The van der Waals surface area contributed by atoms with E-state index in [4.69, 9.17) is 16.3 Å². The molecule has 0 heterocycles. The van der Waals surface area contributed by atoms with Crippen molar-refractivity contribution in [2.24, 2.45) is 0 Å². The van der Waals surface area contributed by atoms with E-state index in [1.54, 1.807) is 42.5 Å². The highest BCUT2D eigenvalue weighted by molar-refractivity contribution is 7.92. The second-order valence-corrected chi connectivity index (χ2v) is 12.9. The number of carbonyl (C=O) groups is 2. The number of ether oxygens (including phenoxy) is 1. The van der Waals surface area contributed by atoms with E-state index in [1.165, 1.54) is 12.0 Å². The standard InChI is InChI=1S/C32H38ClN3O5S/c1-41-28-18-11-17-27(21-28)36(42(2,39)40)23-31(37)35(22-25-14-9-10-19-29(25)33)30(20-24-12-5-3-6-13-24)32(38)34-26-15-7-4-8-16-26/h3,5-6,9-14,17-19,21,26,30H,4,7-8,15-16,20,22-23H2,1-2H3,(H,34,38)/t30-/m1/s1. The lowest BCUT2D eigenvalue weighted by Crippen LogP contribution is -2.55. The number of halogens is 1. The van der Waals surface area contributed by atoms with E-state index in [1.807, 2.05) is 36.4 Å². The van der Waals surface area contributed by atoms with Crippen LogP contribution in [-0.2, 0) is 32.6 Å². The molecule has 0 saturated heterocycles. The van der Waals surface area contributed by atoms with Crippen molar-refractivity contribution >= 4 is 39.1 Å². The van der Waals surface area contributed by atoms with Crippen LogP contribution >= 0.6 is 11.6 Å². The SMILES string of the molecule is COc1cccc(N(CC(=O)N(Cc2ccccc2Cl)[C@H](Cc2ccccc2)C(=O)NC2CCCCC2)S(C)(=O)=O)c1. The van der Waals surface area contributed by atoms with E-state index in [0.717, 1.165) is 48.2 Å². The normalized spacial score (nSPS) is 14.5. The largest absolute Gasteiger partial charge is 0.497 e. The van der Waals surface area contributed by atoms with Gasteiger partial charge in [0.25, 0.3) is 0 Å². The van der Waals surface area contributed by atoms with Crippen LogP contribution < -0.4 is 14.4 Å². The Kier molecular flexibility index (Phi) is 10.9. The zero-order valence-electron chi connectivity index (χ0n) is 24.0. The first kappa shape index (κ1) is 31.4. The predicted octanol–water partition coefficient (Wildman–Crippen LogP) is 5.20. The Morgan fingerprint density at radius 2 is 1.67 bits per heavy atom. The highest BCUT2D eigenvalue weighted by atomic mass is 35.5. The summed E-state index contributed by atoms with van der Waals surface area (Å²) in [5.41, 5.74) is 1.82. The topological polar surface area (TPSA) is 96.0 Å². The minimum absolute atomic E-state index is 0.0316.